The van der Waals surface area contributed by atoms with E-state index in [-0.39, 0.29) is 5.91 Å². The third-order valence-corrected chi connectivity index (χ3v) is 5.50. The van der Waals surface area contributed by atoms with Gasteiger partial charge in [-0.05, 0) is 65.1 Å². The number of rotatable bonds is 4. The van der Waals surface area contributed by atoms with Crippen molar-refractivity contribution in [3.63, 3.8) is 0 Å². The minimum atomic E-state index is 0.0105. The minimum Gasteiger partial charge on any atom is -0.349 e. The third-order valence-electron chi connectivity index (χ3n) is 5.07. The van der Waals surface area contributed by atoms with Crippen molar-refractivity contribution >= 4 is 21.8 Å². The molecule has 0 saturated heterocycles. The fourth-order valence-corrected chi connectivity index (χ4v) is 3.49. The normalized spacial score (nSPS) is 22.9. The fraction of sp³-hybridized carbons (Fsp3) is 0.647. The summed E-state index contributed by atoms with van der Waals surface area (Å²) in [5.41, 5.74) is 1.10. The molecule has 0 atom stereocenters. The van der Waals surface area contributed by atoms with Crippen molar-refractivity contribution in [2.75, 3.05) is 0 Å². The van der Waals surface area contributed by atoms with Crippen molar-refractivity contribution in [3.8, 4) is 0 Å². The van der Waals surface area contributed by atoms with Crippen molar-refractivity contribution in [1.82, 2.24) is 10.3 Å². The Bertz CT molecular complexity index is 493. The first-order valence-electron chi connectivity index (χ1n) is 7.85. The van der Waals surface area contributed by atoms with Gasteiger partial charge in [0.05, 0.1) is 0 Å². The van der Waals surface area contributed by atoms with Crippen LogP contribution in [-0.4, -0.2) is 16.9 Å². The van der Waals surface area contributed by atoms with Crippen molar-refractivity contribution < 1.29 is 4.79 Å². The molecule has 1 aromatic heterocycles. The van der Waals surface area contributed by atoms with Gasteiger partial charge in [-0.2, -0.15) is 0 Å². The van der Waals surface area contributed by atoms with E-state index in [0.717, 1.165) is 18.8 Å². The molecule has 0 unspecified atom stereocenters. The Hall–Kier alpha value is -0.900. The first-order valence-corrected chi connectivity index (χ1v) is 8.64. The first kappa shape index (κ1) is 16.5. The fourth-order valence-electron chi connectivity index (χ4n) is 3.12. The molecule has 116 valence electrons. The van der Waals surface area contributed by atoms with Crippen LogP contribution in [0.5, 0.6) is 0 Å². The zero-order valence-corrected chi connectivity index (χ0v) is 14.7. The Morgan fingerprint density at radius 1 is 1.38 bits per heavy atom. The largest absolute Gasteiger partial charge is 0.349 e. The maximum Gasteiger partial charge on any atom is 0.251 e. The van der Waals surface area contributed by atoms with Crippen LogP contribution >= 0.6 is 15.9 Å². The molecule has 1 fully saturated rings. The molecule has 0 aliphatic heterocycles. The molecule has 21 heavy (non-hydrogen) atoms. The Balaban J connectivity index is 1.88. The van der Waals surface area contributed by atoms with E-state index in [1.54, 1.807) is 18.3 Å². The number of pyridine rings is 1. The molecule has 0 spiro atoms. The van der Waals surface area contributed by atoms with E-state index in [1.165, 1.54) is 19.3 Å². The average molecular weight is 353 g/mol. The van der Waals surface area contributed by atoms with Crippen LogP contribution < -0.4 is 5.32 Å². The predicted octanol–water partition coefficient (Wildman–Crippen LogP) is 4.57. The van der Waals surface area contributed by atoms with E-state index in [2.05, 4.69) is 47.0 Å². The zero-order chi connectivity index (χ0) is 15.5. The summed E-state index contributed by atoms with van der Waals surface area (Å²) in [7, 11) is 0. The van der Waals surface area contributed by atoms with Crippen LogP contribution in [0.1, 0.15) is 63.2 Å². The zero-order valence-electron chi connectivity index (χ0n) is 13.2. The number of halogens is 1. The molecule has 1 N–H and O–H groups in total. The first-order chi connectivity index (χ1) is 9.92. The number of nitrogens with one attached hydrogen (secondary N) is 1. The van der Waals surface area contributed by atoms with Crippen molar-refractivity contribution in [2.45, 2.75) is 58.9 Å². The molecule has 0 bridgehead atoms. The van der Waals surface area contributed by atoms with E-state index in [0.29, 0.717) is 21.6 Å². The molecule has 0 aromatic carbocycles. The van der Waals surface area contributed by atoms with Gasteiger partial charge in [0.15, 0.2) is 0 Å². The van der Waals surface area contributed by atoms with Gasteiger partial charge in [0, 0.05) is 17.8 Å². The lowest BCUT2D eigenvalue weighted by Gasteiger charge is -2.39. The summed E-state index contributed by atoms with van der Waals surface area (Å²) in [6.45, 7) is 7.01. The highest BCUT2D eigenvalue weighted by Gasteiger charge is 2.32. The summed E-state index contributed by atoms with van der Waals surface area (Å²) >= 11 is 3.30. The van der Waals surface area contributed by atoms with Crippen LogP contribution in [0, 0.1) is 11.3 Å². The smallest absolute Gasteiger partial charge is 0.251 e. The van der Waals surface area contributed by atoms with Crippen LogP contribution in [-0.2, 0) is 0 Å². The Labute approximate surface area is 136 Å². The second-order valence-electron chi connectivity index (χ2n) is 6.73. The van der Waals surface area contributed by atoms with Gasteiger partial charge in [0.2, 0.25) is 0 Å². The molecule has 1 saturated carbocycles. The number of carbonyl (C=O) groups is 1. The quantitative estimate of drug-likeness (QED) is 0.806. The van der Waals surface area contributed by atoms with E-state index in [1.807, 2.05) is 0 Å². The summed E-state index contributed by atoms with van der Waals surface area (Å²) in [5.74, 6) is 0.794. The number of carbonyl (C=O) groups excluding carboxylic acids is 1. The maximum absolute atomic E-state index is 12.2. The molecule has 4 heteroatoms. The molecule has 1 amide bonds. The van der Waals surface area contributed by atoms with Gasteiger partial charge in [-0.25, -0.2) is 4.98 Å². The molecular formula is C17H25BrN2O. The van der Waals surface area contributed by atoms with Gasteiger partial charge in [-0.3, -0.25) is 4.79 Å². The second kappa shape index (κ2) is 6.91. The van der Waals surface area contributed by atoms with Crippen LogP contribution in [0.15, 0.2) is 22.9 Å². The highest BCUT2D eigenvalue weighted by molar-refractivity contribution is 9.10. The summed E-state index contributed by atoms with van der Waals surface area (Å²) < 4.78 is 0.698. The molecule has 3 nitrogen and oxygen atoms in total. The van der Waals surface area contributed by atoms with Crippen molar-refractivity contribution in [1.29, 1.82) is 0 Å². The van der Waals surface area contributed by atoms with Crippen LogP contribution in [0.3, 0.4) is 0 Å². The number of aromatic nitrogens is 1. The Morgan fingerprint density at radius 2 is 2.05 bits per heavy atom. The molecule has 1 aliphatic rings. The Kier molecular flexibility index (Phi) is 5.42. The van der Waals surface area contributed by atoms with Crippen LogP contribution in [0.2, 0.25) is 0 Å². The minimum absolute atomic E-state index is 0.0105. The lowest BCUT2D eigenvalue weighted by Crippen LogP contribution is -2.39. The Morgan fingerprint density at radius 3 is 2.62 bits per heavy atom. The molecule has 1 aromatic rings. The summed E-state index contributed by atoms with van der Waals surface area (Å²) in [4.78, 5) is 16.3. The number of nitrogens with zero attached hydrogens (tertiary/aromatic N) is 1. The van der Waals surface area contributed by atoms with E-state index < -0.39 is 0 Å². The van der Waals surface area contributed by atoms with Crippen LogP contribution in [0.25, 0.3) is 0 Å². The van der Waals surface area contributed by atoms with Gasteiger partial charge >= 0.3 is 0 Å². The van der Waals surface area contributed by atoms with Gasteiger partial charge in [-0.1, -0.05) is 27.2 Å². The van der Waals surface area contributed by atoms with Gasteiger partial charge in [0.25, 0.3) is 5.91 Å². The molecule has 1 aliphatic carbocycles. The number of amides is 1. The maximum atomic E-state index is 12.2. The number of hydrogen-bond donors (Lipinski definition) is 1. The lowest BCUT2D eigenvalue weighted by molar-refractivity contribution is 0.0893. The van der Waals surface area contributed by atoms with Crippen molar-refractivity contribution in [3.05, 3.63) is 28.5 Å². The lowest BCUT2D eigenvalue weighted by atomic mass is 9.69. The molecule has 0 radical (unpaired) electrons. The highest BCUT2D eigenvalue weighted by Crippen LogP contribution is 2.40. The van der Waals surface area contributed by atoms with Gasteiger partial charge in [-0.15, -0.1) is 0 Å². The third kappa shape index (κ3) is 4.29. The second-order valence-corrected chi connectivity index (χ2v) is 7.54. The summed E-state index contributed by atoms with van der Waals surface area (Å²) in [6, 6.07) is 3.83. The van der Waals surface area contributed by atoms with Crippen LogP contribution in [0.4, 0.5) is 0 Å². The van der Waals surface area contributed by atoms with E-state index >= 15 is 0 Å². The monoisotopic (exact) mass is 352 g/mol. The van der Waals surface area contributed by atoms with Gasteiger partial charge < -0.3 is 5.32 Å². The topological polar surface area (TPSA) is 42.0 Å². The van der Waals surface area contributed by atoms with Gasteiger partial charge in [0.1, 0.15) is 4.60 Å². The van der Waals surface area contributed by atoms with E-state index in [9.17, 15) is 4.79 Å². The average Bonchev–Trinajstić information content (AvgIpc) is 2.48. The number of hydrogen-bond acceptors (Lipinski definition) is 2. The van der Waals surface area contributed by atoms with Crippen molar-refractivity contribution in [2.24, 2.45) is 11.3 Å². The summed E-state index contributed by atoms with van der Waals surface area (Å²) in [5, 5.41) is 3.16. The standard InChI is InChI=1S/C17H25BrN2O/c1-4-17(2,3)13-5-7-14(8-6-13)20-16(21)12-9-10-19-15(18)11-12/h9-11,13-14H,4-8H2,1-3H3,(H,20,21). The molecular weight excluding hydrogens is 328 g/mol. The predicted molar refractivity (Wildman–Crippen MR) is 89.2 cm³/mol. The van der Waals surface area contributed by atoms with E-state index in [4.69, 9.17) is 0 Å². The molecule has 2 rings (SSSR count). The molecule has 1 heterocycles. The summed E-state index contributed by atoms with van der Waals surface area (Å²) in [6.07, 6.45) is 7.48. The SMILES string of the molecule is CCC(C)(C)C1CCC(NC(=O)c2ccnc(Br)c2)CC1. The highest BCUT2D eigenvalue weighted by atomic mass is 79.9.